The lowest BCUT2D eigenvalue weighted by atomic mass is 10.4. The Morgan fingerprint density at radius 1 is 1.54 bits per heavy atom. The molecule has 13 heavy (non-hydrogen) atoms. The lowest BCUT2D eigenvalue weighted by Gasteiger charge is -1.89. The van der Waals surface area contributed by atoms with Crippen LogP contribution in [0, 0.1) is 0 Å². The van der Waals surface area contributed by atoms with Crippen molar-refractivity contribution < 1.29 is 28.0 Å². The van der Waals surface area contributed by atoms with Gasteiger partial charge in [0.15, 0.2) is 0 Å². The molecule has 5 N–H and O–H groups in total. The number of rotatable bonds is 3. The largest absolute Gasteiger partial charge is 0.479 e. The van der Waals surface area contributed by atoms with Crippen molar-refractivity contribution in [3.05, 3.63) is 0 Å². The molecule has 0 aliphatic rings. The first-order valence-corrected chi connectivity index (χ1v) is 4.87. The molecule has 0 aromatic heterocycles. The second kappa shape index (κ2) is 6.78. The van der Waals surface area contributed by atoms with Crippen LogP contribution in [0.15, 0.2) is 0 Å². The first-order valence-electron chi connectivity index (χ1n) is 3.26. The van der Waals surface area contributed by atoms with E-state index < -0.39 is 22.2 Å². The number of nitrogens with two attached hydrogens (primary N) is 1. The molecule has 0 saturated carbocycles. The molecule has 0 aliphatic heterocycles. The molecular weight excluding hydrogens is 202 g/mol. The fraction of sp³-hybridized carbons (Fsp3) is 0.800. The Balaban J connectivity index is 0. The molecule has 0 spiro atoms. The van der Waals surface area contributed by atoms with Crippen molar-refractivity contribution in [2.75, 3.05) is 12.3 Å². The highest BCUT2D eigenvalue weighted by Crippen LogP contribution is 1.74. The van der Waals surface area contributed by atoms with Gasteiger partial charge in [-0.1, -0.05) is 0 Å². The summed E-state index contributed by atoms with van der Waals surface area (Å²) in [5.74, 6) is -1.54. The molecule has 0 saturated heterocycles. The van der Waals surface area contributed by atoms with Gasteiger partial charge in [0.2, 0.25) is 0 Å². The maximum Gasteiger partial charge on any atom is 0.332 e. The fourth-order valence-electron chi connectivity index (χ4n) is 0.149. The van der Waals surface area contributed by atoms with Gasteiger partial charge < -0.3 is 15.9 Å². The Morgan fingerprint density at radius 3 is 1.85 bits per heavy atom. The molecule has 8 heteroatoms. The van der Waals surface area contributed by atoms with Crippen molar-refractivity contribution in [3.8, 4) is 0 Å². The van der Waals surface area contributed by atoms with Gasteiger partial charge in [-0.25, -0.2) is 4.79 Å². The summed E-state index contributed by atoms with van der Waals surface area (Å²) in [4.78, 5) is 9.45. The van der Waals surface area contributed by atoms with E-state index in [1.807, 2.05) is 0 Å². The van der Waals surface area contributed by atoms with E-state index in [1.54, 1.807) is 0 Å². The third kappa shape index (κ3) is 18.3. The minimum Gasteiger partial charge on any atom is -0.479 e. The Labute approximate surface area is 75.9 Å². The Kier molecular flexibility index (Phi) is 7.72. The van der Waals surface area contributed by atoms with Crippen molar-refractivity contribution in [1.82, 2.24) is 0 Å². The van der Waals surface area contributed by atoms with Crippen LogP contribution in [-0.4, -0.2) is 47.6 Å². The van der Waals surface area contributed by atoms with E-state index in [1.165, 1.54) is 6.92 Å². The molecule has 0 fully saturated rings. The monoisotopic (exact) mass is 215 g/mol. The minimum atomic E-state index is -3.80. The summed E-state index contributed by atoms with van der Waals surface area (Å²) in [6.07, 6.45) is -1.23. The van der Waals surface area contributed by atoms with Crippen molar-refractivity contribution >= 4 is 16.1 Å². The zero-order chi connectivity index (χ0) is 11.1. The summed E-state index contributed by atoms with van der Waals surface area (Å²) in [6.45, 7) is 1.17. The van der Waals surface area contributed by atoms with Gasteiger partial charge in [-0.2, -0.15) is 8.42 Å². The van der Waals surface area contributed by atoms with Crippen LogP contribution < -0.4 is 5.73 Å². The number of aliphatic carboxylic acids is 1. The van der Waals surface area contributed by atoms with E-state index in [4.69, 9.17) is 20.5 Å². The second-order valence-electron chi connectivity index (χ2n) is 2.09. The number of hydrogen-bond donors (Lipinski definition) is 4. The van der Waals surface area contributed by atoms with E-state index in [0.29, 0.717) is 0 Å². The smallest absolute Gasteiger partial charge is 0.332 e. The summed E-state index contributed by atoms with van der Waals surface area (Å²) in [5.41, 5.74) is 4.78. The van der Waals surface area contributed by atoms with Gasteiger partial charge >= 0.3 is 5.97 Å². The highest BCUT2D eigenvalue weighted by atomic mass is 32.2. The summed E-state index contributed by atoms with van der Waals surface area (Å²) in [6, 6.07) is 0. The molecule has 0 rings (SSSR count). The summed E-state index contributed by atoms with van der Waals surface area (Å²) >= 11 is 0. The van der Waals surface area contributed by atoms with Crippen LogP contribution in [0.3, 0.4) is 0 Å². The van der Waals surface area contributed by atoms with Crippen LogP contribution in [0.5, 0.6) is 0 Å². The second-order valence-corrected chi connectivity index (χ2v) is 3.66. The van der Waals surface area contributed by atoms with Gasteiger partial charge in [0.1, 0.15) is 6.10 Å². The molecule has 0 aromatic carbocycles. The van der Waals surface area contributed by atoms with Gasteiger partial charge in [0, 0.05) is 6.54 Å². The van der Waals surface area contributed by atoms with Crippen molar-refractivity contribution in [2.24, 2.45) is 5.73 Å². The van der Waals surface area contributed by atoms with E-state index in [-0.39, 0.29) is 12.3 Å². The number of carbonyl (C=O) groups is 1. The van der Waals surface area contributed by atoms with Crippen LogP contribution in [0.2, 0.25) is 0 Å². The van der Waals surface area contributed by atoms with Gasteiger partial charge in [-0.3, -0.25) is 4.55 Å². The molecule has 80 valence electrons. The van der Waals surface area contributed by atoms with Crippen LogP contribution in [0.25, 0.3) is 0 Å². The molecule has 0 radical (unpaired) electrons. The number of carboxylic acids is 1. The maximum absolute atomic E-state index is 9.71. The molecule has 1 unspecified atom stereocenters. The highest BCUT2D eigenvalue weighted by molar-refractivity contribution is 7.85. The molecular formula is C5H13NO6S. The minimum absolute atomic E-state index is 0.0289. The van der Waals surface area contributed by atoms with Crippen molar-refractivity contribution in [2.45, 2.75) is 13.0 Å². The lowest BCUT2D eigenvalue weighted by Crippen LogP contribution is -2.13. The summed E-state index contributed by atoms with van der Waals surface area (Å²) < 4.78 is 27.3. The lowest BCUT2D eigenvalue weighted by molar-refractivity contribution is -0.145. The third-order valence-corrected chi connectivity index (χ3v) is 1.48. The van der Waals surface area contributed by atoms with Crippen LogP contribution in [0.4, 0.5) is 0 Å². The zero-order valence-corrected chi connectivity index (χ0v) is 7.86. The molecule has 0 aliphatic carbocycles. The normalized spacial score (nSPS) is 12.6. The fourth-order valence-corrected chi connectivity index (χ4v) is 0.447. The Bertz CT molecular complexity index is 233. The maximum atomic E-state index is 9.71. The van der Waals surface area contributed by atoms with Gasteiger partial charge in [-0.15, -0.1) is 0 Å². The van der Waals surface area contributed by atoms with Gasteiger partial charge in [0.05, 0.1) is 5.75 Å². The standard InChI is InChI=1S/C3H6O3.C2H7NO3S/c1-2(4)3(5)6;3-1-2-7(4,5)6/h2,4H,1H3,(H,5,6);1-3H2,(H,4,5,6). The first kappa shape index (κ1) is 14.8. The number of carboxylic acid groups (broad SMARTS) is 1. The van der Waals surface area contributed by atoms with Crippen LogP contribution >= 0.6 is 0 Å². The third-order valence-electron chi connectivity index (χ3n) is 0.733. The molecule has 0 bridgehead atoms. The molecule has 7 nitrogen and oxygen atoms in total. The summed E-state index contributed by atoms with van der Waals surface area (Å²) in [7, 11) is -3.80. The Morgan fingerprint density at radius 2 is 1.85 bits per heavy atom. The van der Waals surface area contributed by atoms with E-state index in [9.17, 15) is 13.2 Å². The highest BCUT2D eigenvalue weighted by Gasteiger charge is 2.01. The zero-order valence-electron chi connectivity index (χ0n) is 7.04. The Hall–Kier alpha value is -0.700. The number of aliphatic hydroxyl groups excluding tert-OH is 1. The van der Waals surface area contributed by atoms with E-state index in [0.717, 1.165) is 0 Å². The first-order chi connectivity index (χ1) is 5.70. The number of aliphatic hydroxyl groups is 1. The molecule has 0 amide bonds. The SMILES string of the molecule is CC(O)C(=O)O.NCCS(=O)(=O)O. The molecule has 1 atom stereocenters. The van der Waals surface area contributed by atoms with E-state index >= 15 is 0 Å². The van der Waals surface area contributed by atoms with Gasteiger partial charge in [0.25, 0.3) is 10.1 Å². The topological polar surface area (TPSA) is 138 Å². The van der Waals surface area contributed by atoms with Crippen molar-refractivity contribution in [3.63, 3.8) is 0 Å². The number of hydrogen-bond acceptors (Lipinski definition) is 5. The predicted molar refractivity (Wildman–Crippen MR) is 44.8 cm³/mol. The molecule has 0 aromatic rings. The van der Waals surface area contributed by atoms with Crippen LogP contribution in [-0.2, 0) is 14.9 Å². The average molecular weight is 215 g/mol. The van der Waals surface area contributed by atoms with Gasteiger partial charge in [-0.05, 0) is 6.92 Å². The predicted octanol–water partition coefficient (Wildman–Crippen LogP) is -1.72. The average Bonchev–Trinajstić information content (AvgIpc) is 1.85. The molecule has 0 heterocycles. The van der Waals surface area contributed by atoms with E-state index in [2.05, 4.69) is 0 Å². The van der Waals surface area contributed by atoms with Crippen LogP contribution in [0.1, 0.15) is 6.92 Å². The summed E-state index contributed by atoms with van der Waals surface area (Å²) in [5, 5.41) is 15.8. The quantitative estimate of drug-likeness (QED) is 0.411. The van der Waals surface area contributed by atoms with Crippen molar-refractivity contribution in [1.29, 1.82) is 0 Å².